The van der Waals surface area contributed by atoms with Crippen LogP contribution in [0.1, 0.15) is 58.2 Å². The average molecular weight is 509 g/mol. The van der Waals surface area contributed by atoms with Gasteiger partial charge in [-0.25, -0.2) is 8.42 Å². The van der Waals surface area contributed by atoms with Crippen molar-refractivity contribution < 1.29 is 27.5 Å². The largest absolute Gasteiger partial charge is 0.469 e. The van der Waals surface area contributed by atoms with Crippen LogP contribution < -0.4 is 0 Å². The molecule has 6 nitrogen and oxygen atoms in total. The Kier molecular flexibility index (Phi) is 16.6. The predicted octanol–water partition coefficient (Wildman–Crippen LogP) is 5.98. The van der Waals surface area contributed by atoms with Crippen molar-refractivity contribution in [1.82, 2.24) is 0 Å². The van der Waals surface area contributed by atoms with Crippen molar-refractivity contribution in [2.45, 2.75) is 66.7 Å². The quantitative estimate of drug-likeness (QED) is 0.474. The number of hydrogen-bond acceptors (Lipinski definition) is 6. The predicted molar refractivity (Wildman–Crippen MR) is 143 cm³/mol. The van der Waals surface area contributed by atoms with E-state index in [0.717, 1.165) is 12.0 Å². The summed E-state index contributed by atoms with van der Waals surface area (Å²) in [6.07, 6.45) is 2.35. The minimum Gasteiger partial charge on any atom is -0.469 e. The van der Waals surface area contributed by atoms with Crippen molar-refractivity contribution in [2.24, 2.45) is 11.3 Å². The normalized spacial score (nSPS) is 10.4. The fourth-order valence-corrected chi connectivity index (χ4v) is 2.78. The molecule has 0 saturated heterocycles. The van der Waals surface area contributed by atoms with Gasteiger partial charge in [-0.1, -0.05) is 68.3 Å². The first-order chi connectivity index (χ1) is 16.0. The summed E-state index contributed by atoms with van der Waals surface area (Å²) in [6.45, 7) is 15.3. The van der Waals surface area contributed by atoms with Gasteiger partial charge in [-0.2, -0.15) is 0 Å². The molecular weight excluding hydrogens is 464 g/mol. The van der Waals surface area contributed by atoms with E-state index < -0.39 is 9.84 Å². The van der Waals surface area contributed by atoms with E-state index in [1.807, 2.05) is 27.7 Å². The number of methoxy groups -OCH3 is 2. The van der Waals surface area contributed by atoms with E-state index in [2.05, 4.69) is 47.6 Å². The maximum Gasteiger partial charge on any atom is 0.310 e. The van der Waals surface area contributed by atoms with Crippen LogP contribution in [-0.4, -0.2) is 40.8 Å². The third-order valence-corrected chi connectivity index (χ3v) is 5.58. The monoisotopic (exact) mass is 508 g/mol. The lowest BCUT2D eigenvalue weighted by Crippen LogP contribution is -2.21. The number of carbonyl (C=O) groups is 2. The molecule has 0 unspecified atom stereocenters. The molecule has 7 heteroatoms. The number of aryl methyl sites for hydroxylation is 3. The maximum absolute atomic E-state index is 10.9. The van der Waals surface area contributed by atoms with Crippen molar-refractivity contribution >= 4 is 21.8 Å². The summed E-state index contributed by atoms with van der Waals surface area (Å²) < 4.78 is 30.7. The Balaban J connectivity index is 0. The lowest BCUT2D eigenvalue weighted by Gasteiger charge is -2.13. The molecule has 0 heterocycles. The van der Waals surface area contributed by atoms with E-state index in [1.165, 1.54) is 31.6 Å². The summed E-state index contributed by atoms with van der Waals surface area (Å²) in [4.78, 5) is 21.3. The minimum absolute atomic E-state index is 0.00463. The van der Waals surface area contributed by atoms with Gasteiger partial charge in [0.25, 0.3) is 0 Å². The summed E-state index contributed by atoms with van der Waals surface area (Å²) in [6, 6.07) is 15.5. The van der Waals surface area contributed by atoms with E-state index in [4.69, 9.17) is 0 Å². The molecule has 0 saturated carbocycles. The third kappa shape index (κ3) is 17.4. The van der Waals surface area contributed by atoms with Crippen LogP contribution in [-0.2, 0) is 35.3 Å². The van der Waals surface area contributed by atoms with E-state index in [-0.39, 0.29) is 23.3 Å². The molecule has 0 aromatic heterocycles. The smallest absolute Gasteiger partial charge is 0.310 e. The van der Waals surface area contributed by atoms with Gasteiger partial charge in [0.05, 0.1) is 30.4 Å². The zero-order valence-electron chi connectivity index (χ0n) is 23.3. The molecule has 0 bridgehead atoms. The summed E-state index contributed by atoms with van der Waals surface area (Å²) in [5, 5.41) is 0. The Morgan fingerprint density at radius 3 is 1.43 bits per heavy atom. The fraction of sp³-hybridized carbons (Fsp3) is 0.500. The van der Waals surface area contributed by atoms with Crippen LogP contribution in [0.25, 0.3) is 0 Å². The van der Waals surface area contributed by atoms with Crippen LogP contribution in [0.2, 0.25) is 0 Å². The van der Waals surface area contributed by atoms with E-state index in [0.29, 0.717) is 4.90 Å². The minimum atomic E-state index is -3.02. The molecule has 0 fully saturated rings. The summed E-state index contributed by atoms with van der Waals surface area (Å²) in [5.74, 6) is -0.317. The Labute approximate surface area is 213 Å². The molecule has 0 radical (unpaired) electrons. The van der Waals surface area contributed by atoms with E-state index in [9.17, 15) is 18.0 Å². The molecule has 2 rings (SSSR count). The van der Waals surface area contributed by atoms with Gasteiger partial charge in [-0.15, -0.1) is 0 Å². The molecule has 2 aromatic rings. The molecule has 2 aromatic carbocycles. The first-order valence-electron chi connectivity index (χ1n) is 11.5. The SMILES string of the molecule is CCc1ccc(C)cc1.COC(=O)C(C)(C)C.COC(=O)C(C)C.Cc1ccc(S(C)(=O)=O)cc1. The molecule has 0 atom stereocenters. The highest BCUT2D eigenvalue weighted by Gasteiger charge is 2.21. The second kappa shape index (κ2) is 16.9. The second-order valence-electron chi connectivity index (χ2n) is 9.34. The highest BCUT2D eigenvalue weighted by atomic mass is 32.2. The number of esters is 2. The first-order valence-corrected chi connectivity index (χ1v) is 13.4. The number of benzene rings is 2. The van der Waals surface area contributed by atoms with Gasteiger partial charge < -0.3 is 9.47 Å². The number of ether oxygens (including phenoxy) is 2. The van der Waals surface area contributed by atoms with Crippen molar-refractivity contribution in [3.05, 3.63) is 65.2 Å². The standard InChI is InChI=1S/C9H12.C8H10O2S.C6H12O2.C5H10O2/c1-3-9-6-4-8(2)5-7-9;1-7-3-5-8(6-4-7)11(2,9)10;1-6(2,3)5(7)8-4;1-4(2)5(6)7-3/h4-7H,3H2,1-2H3;3-6H,1-2H3;1-4H3;4H,1-3H3. The molecule has 0 aliphatic rings. The zero-order valence-corrected chi connectivity index (χ0v) is 24.1. The molecular formula is C28H44O6S. The van der Waals surface area contributed by atoms with Gasteiger partial charge in [0, 0.05) is 6.26 Å². The second-order valence-corrected chi connectivity index (χ2v) is 11.4. The Morgan fingerprint density at radius 1 is 0.829 bits per heavy atom. The van der Waals surface area contributed by atoms with Crippen LogP contribution in [0, 0.1) is 25.2 Å². The van der Waals surface area contributed by atoms with Crippen molar-refractivity contribution in [3.63, 3.8) is 0 Å². The van der Waals surface area contributed by atoms with E-state index >= 15 is 0 Å². The van der Waals surface area contributed by atoms with Gasteiger partial charge >= 0.3 is 11.9 Å². The topological polar surface area (TPSA) is 86.7 Å². The molecule has 0 aliphatic heterocycles. The first kappa shape index (κ1) is 34.5. The lowest BCUT2D eigenvalue weighted by molar-refractivity contribution is -0.149. The van der Waals surface area contributed by atoms with Gasteiger partial charge in [-0.05, 0) is 58.7 Å². The van der Waals surface area contributed by atoms with Crippen LogP contribution in [0.5, 0.6) is 0 Å². The van der Waals surface area contributed by atoms with Crippen molar-refractivity contribution in [3.8, 4) is 0 Å². The molecule has 0 spiro atoms. The fourth-order valence-electron chi connectivity index (χ4n) is 2.15. The highest BCUT2D eigenvalue weighted by Crippen LogP contribution is 2.13. The zero-order chi connectivity index (χ0) is 27.8. The molecule has 0 N–H and O–H groups in total. The number of rotatable bonds is 3. The van der Waals surface area contributed by atoms with Gasteiger partial charge in [-0.3, -0.25) is 9.59 Å². The number of carbonyl (C=O) groups excluding carboxylic acids is 2. The van der Waals surface area contributed by atoms with Gasteiger partial charge in [0.1, 0.15) is 0 Å². The molecule has 35 heavy (non-hydrogen) atoms. The average Bonchev–Trinajstić information content (AvgIpc) is 2.78. The lowest BCUT2D eigenvalue weighted by atomic mass is 9.98. The van der Waals surface area contributed by atoms with Gasteiger partial charge in [0.15, 0.2) is 9.84 Å². The maximum atomic E-state index is 10.9. The summed E-state index contributed by atoms with van der Waals surface area (Å²) in [5.41, 5.74) is 3.47. The summed E-state index contributed by atoms with van der Waals surface area (Å²) in [7, 11) is -0.232. The highest BCUT2D eigenvalue weighted by molar-refractivity contribution is 7.90. The van der Waals surface area contributed by atoms with Crippen LogP contribution in [0.15, 0.2) is 53.4 Å². The van der Waals surface area contributed by atoms with Gasteiger partial charge in [0.2, 0.25) is 0 Å². The molecule has 198 valence electrons. The number of sulfone groups is 1. The molecule has 0 amide bonds. The van der Waals surface area contributed by atoms with Crippen LogP contribution >= 0.6 is 0 Å². The van der Waals surface area contributed by atoms with Crippen molar-refractivity contribution in [1.29, 1.82) is 0 Å². The Morgan fingerprint density at radius 2 is 1.23 bits per heavy atom. The van der Waals surface area contributed by atoms with Crippen LogP contribution in [0.4, 0.5) is 0 Å². The van der Waals surface area contributed by atoms with Crippen molar-refractivity contribution in [2.75, 3.05) is 20.5 Å². The third-order valence-electron chi connectivity index (χ3n) is 4.45. The summed E-state index contributed by atoms with van der Waals surface area (Å²) >= 11 is 0. The Hall–Kier alpha value is -2.67. The van der Waals surface area contributed by atoms with E-state index in [1.54, 1.807) is 38.1 Å². The number of hydrogen-bond donors (Lipinski definition) is 0. The van der Waals surface area contributed by atoms with Crippen LogP contribution in [0.3, 0.4) is 0 Å². The molecule has 0 aliphatic carbocycles. The Bertz CT molecular complexity index is 968.